The Bertz CT molecular complexity index is 819. The second-order valence-corrected chi connectivity index (χ2v) is 4.95. The van der Waals surface area contributed by atoms with Crippen LogP contribution in [0.25, 0.3) is 22.2 Å². The normalized spacial score (nSPS) is 10.4. The lowest BCUT2D eigenvalue weighted by Gasteiger charge is -1.96. The molecule has 0 aliphatic heterocycles. The lowest BCUT2D eigenvalue weighted by Crippen LogP contribution is -1.83. The molecule has 0 radical (unpaired) electrons. The Hall–Kier alpha value is -2.72. The number of thiophene rings is 1. The number of hydrogen-bond acceptors (Lipinski definition) is 6. The van der Waals surface area contributed by atoms with Gasteiger partial charge in [-0.25, -0.2) is 4.39 Å². The van der Waals surface area contributed by atoms with Crippen LogP contribution in [-0.4, -0.2) is 15.2 Å². The van der Waals surface area contributed by atoms with E-state index in [9.17, 15) is 4.39 Å². The monoisotopic (exact) mass is 287 g/mol. The van der Waals surface area contributed by atoms with Crippen LogP contribution in [-0.2, 0) is 0 Å². The van der Waals surface area contributed by atoms with Gasteiger partial charge in [-0.2, -0.15) is 10.2 Å². The predicted octanol–water partition coefficient (Wildman–Crippen LogP) is 3.18. The summed E-state index contributed by atoms with van der Waals surface area (Å²) in [4.78, 5) is 5.35. The minimum Gasteiger partial charge on any atom is -0.505 e. The maximum Gasteiger partial charge on any atom is 0.268 e. The first kappa shape index (κ1) is 12.3. The number of hydrogen-bond donors (Lipinski definition) is 1. The molecule has 0 spiro atoms. The summed E-state index contributed by atoms with van der Waals surface area (Å²) in [6.07, 6.45) is 0. The Labute approximate surface area is 116 Å². The molecule has 0 atom stereocenters. The van der Waals surface area contributed by atoms with Gasteiger partial charge in [0.25, 0.3) is 5.89 Å². The largest absolute Gasteiger partial charge is 0.505 e. The highest BCUT2D eigenvalue weighted by atomic mass is 32.1. The summed E-state index contributed by atoms with van der Waals surface area (Å²) in [6, 6.07) is 9.22. The molecule has 0 aliphatic rings. The first-order valence-electron chi connectivity index (χ1n) is 5.50. The van der Waals surface area contributed by atoms with E-state index in [2.05, 4.69) is 10.1 Å². The SMILES string of the molecule is N#Cc1ccc(-c2nc(-c3ccc(O)c(F)c3)no2)s1. The van der Waals surface area contributed by atoms with Gasteiger partial charge in [-0.3, -0.25) is 0 Å². The average molecular weight is 287 g/mol. The van der Waals surface area contributed by atoms with Gasteiger partial charge in [0, 0.05) is 5.56 Å². The van der Waals surface area contributed by atoms with Crippen LogP contribution in [0.3, 0.4) is 0 Å². The van der Waals surface area contributed by atoms with E-state index < -0.39 is 11.6 Å². The quantitative estimate of drug-likeness (QED) is 0.782. The number of halogens is 1. The van der Waals surface area contributed by atoms with Crippen LogP contribution in [0.2, 0.25) is 0 Å². The third-order valence-electron chi connectivity index (χ3n) is 2.56. The fourth-order valence-corrected chi connectivity index (χ4v) is 2.32. The molecule has 0 bridgehead atoms. The highest BCUT2D eigenvalue weighted by Crippen LogP contribution is 2.29. The Morgan fingerprint density at radius 1 is 1.30 bits per heavy atom. The highest BCUT2D eigenvalue weighted by Gasteiger charge is 2.14. The molecule has 0 fully saturated rings. The van der Waals surface area contributed by atoms with Gasteiger partial charge in [-0.15, -0.1) is 11.3 Å². The fraction of sp³-hybridized carbons (Fsp3) is 0. The van der Waals surface area contributed by atoms with E-state index in [0.717, 1.165) is 6.07 Å². The van der Waals surface area contributed by atoms with Crippen molar-refractivity contribution >= 4 is 11.3 Å². The van der Waals surface area contributed by atoms with Gasteiger partial charge < -0.3 is 9.63 Å². The number of benzene rings is 1. The van der Waals surface area contributed by atoms with E-state index in [4.69, 9.17) is 14.9 Å². The van der Waals surface area contributed by atoms with Crippen molar-refractivity contribution < 1.29 is 14.0 Å². The van der Waals surface area contributed by atoms with Crippen LogP contribution >= 0.6 is 11.3 Å². The molecule has 1 aromatic carbocycles. The molecule has 0 saturated carbocycles. The lowest BCUT2D eigenvalue weighted by molar-refractivity contribution is 0.430. The second-order valence-electron chi connectivity index (χ2n) is 3.87. The molecule has 0 aliphatic carbocycles. The smallest absolute Gasteiger partial charge is 0.268 e. The molecule has 3 rings (SSSR count). The van der Waals surface area contributed by atoms with Gasteiger partial charge in [-0.1, -0.05) is 5.16 Å². The van der Waals surface area contributed by atoms with Crippen molar-refractivity contribution in [2.24, 2.45) is 0 Å². The molecule has 2 aromatic heterocycles. The zero-order valence-corrected chi connectivity index (χ0v) is 10.7. The van der Waals surface area contributed by atoms with Crippen molar-refractivity contribution in [1.82, 2.24) is 10.1 Å². The summed E-state index contributed by atoms with van der Waals surface area (Å²) in [5.41, 5.74) is 0.396. The summed E-state index contributed by atoms with van der Waals surface area (Å²) in [5.74, 6) is -0.711. The Kier molecular flexibility index (Phi) is 2.93. The molecule has 20 heavy (non-hydrogen) atoms. The molecule has 0 unspecified atom stereocenters. The van der Waals surface area contributed by atoms with E-state index >= 15 is 0 Å². The van der Waals surface area contributed by atoms with Crippen molar-refractivity contribution in [3.05, 3.63) is 41.0 Å². The topological polar surface area (TPSA) is 82.9 Å². The molecule has 1 N–H and O–H groups in total. The summed E-state index contributed by atoms with van der Waals surface area (Å²) < 4.78 is 18.4. The van der Waals surface area contributed by atoms with Crippen LogP contribution in [0, 0.1) is 17.1 Å². The van der Waals surface area contributed by atoms with Gasteiger partial charge in [0.15, 0.2) is 11.6 Å². The lowest BCUT2D eigenvalue weighted by atomic mass is 10.2. The molecule has 2 heterocycles. The molecule has 98 valence electrons. The first-order chi connectivity index (χ1) is 9.67. The van der Waals surface area contributed by atoms with Crippen LogP contribution in [0.1, 0.15) is 4.88 Å². The summed E-state index contributed by atoms with van der Waals surface area (Å²) in [7, 11) is 0. The second kappa shape index (κ2) is 4.75. The average Bonchev–Trinajstić information content (AvgIpc) is 3.09. The van der Waals surface area contributed by atoms with Crippen LogP contribution in [0.15, 0.2) is 34.9 Å². The zero-order chi connectivity index (χ0) is 14.1. The van der Waals surface area contributed by atoms with Crippen molar-refractivity contribution in [3.8, 4) is 34.0 Å². The van der Waals surface area contributed by atoms with E-state index in [1.807, 2.05) is 6.07 Å². The number of rotatable bonds is 2. The van der Waals surface area contributed by atoms with Gasteiger partial charge in [0.05, 0.1) is 4.88 Å². The maximum atomic E-state index is 13.3. The van der Waals surface area contributed by atoms with Gasteiger partial charge in [0.2, 0.25) is 5.82 Å². The molecule has 5 nitrogen and oxygen atoms in total. The van der Waals surface area contributed by atoms with Gasteiger partial charge >= 0.3 is 0 Å². The summed E-state index contributed by atoms with van der Waals surface area (Å²) in [6.45, 7) is 0. The molecule has 7 heteroatoms. The molecule has 0 amide bonds. The number of phenols is 1. The molecular weight excluding hydrogens is 281 g/mol. The molecule has 0 saturated heterocycles. The Morgan fingerprint density at radius 3 is 2.85 bits per heavy atom. The minimum absolute atomic E-state index is 0.214. The third kappa shape index (κ3) is 2.13. The number of nitrogens with zero attached hydrogens (tertiary/aromatic N) is 3. The van der Waals surface area contributed by atoms with Crippen LogP contribution in [0.5, 0.6) is 5.75 Å². The maximum absolute atomic E-state index is 13.3. The van der Waals surface area contributed by atoms with Crippen molar-refractivity contribution in [2.75, 3.05) is 0 Å². The first-order valence-corrected chi connectivity index (χ1v) is 6.32. The van der Waals surface area contributed by atoms with Crippen LogP contribution in [0.4, 0.5) is 4.39 Å². The van der Waals surface area contributed by atoms with E-state index in [-0.39, 0.29) is 11.7 Å². The Balaban J connectivity index is 1.97. The summed E-state index contributed by atoms with van der Waals surface area (Å²) in [5, 5.41) is 21.7. The molecule has 3 aromatic rings. The van der Waals surface area contributed by atoms with E-state index in [1.54, 1.807) is 12.1 Å². The van der Waals surface area contributed by atoms with Gasteiger partial charge in [0.1, 0.15) is 10.9 Å². The number of phenolic OH excluding ortho intramolecular Hbond substituents is 1. The van der Waals surface area contributed by atoms with E-state index in [0.29, 0.717) is 15.3 Å². The highest BCUT2D eigenvalue weighted by molar-refractivity contribution is 7.15. The van der Waals surface area contributed by atoms with Crippen molar-refractivity contribution in [1.29, 1.82) is 5.26 Å². The number of aromatic hydroxyl groups is 1. The fourth-order valence-electron chi connectivity index (χ4n) is 1.60. The van der Waals surface area contributed by atoms with E-state index in [1.165, 1.54) is 23.5 Å². The standard InChI is InChI=1S/C13H6FN3O2S/c14-9-5-7(1-3-10(9)18)12-16-13(19-17-12)11-4-2-8(6-15)20-11/h1-5,18H. The molecular formula is C13H6FN3O2S. The minimum atomic E-state index is -0.753. The third-order valence-corrected chi connectivity index (χ3v) is 3.54. The number of aromatic nitrogens is 2. The predicted molar refractivity (Wildman–Crippen MR) is 69.4 cm³/mol. The van der Waals surface area contributed by atoms with Crippen molar-refractivity contribution in [2.45, 2.75) is 0 Å². The number of nitriles is 1. The van der Waals surface area contributed by atoms with Gasteiger partial charge in [-0.05, 0) is 30.3 Å². The van der Waals surface area contributed by atoms with Crippen molar-refractivity contribution in [3.63, 3.8) is 0 Å². The summed E-state index contributed by atoms with van der Waals surface area (Å²) >= 11 is 1.23. The van der Waals surface area contributed by atoms with Crippen LogP contribution < -0.4 is 0 Å². The zero-order valence-electron chi connectivity index (χ0n) is 9.87. The Morgan fingerprint density at radius 2 is 2.15 bits per heavy atom.